The predicted octanol–water partition coefficient (Wildman–Crippen LogP) is 4.15. The van der Waals surface area contributed by atoms with Gasteiger partial charge in [-0.3, -0.25) is 4.79 Å². The van der Waals surface area contributed by atoms with Crippen molar-refractivity contribution in [1.82, 2.24) is 0 Å². The Kier molecular flexibility index (Phi) is 3.93. The molecule has 1 aliphatic carbocycles. The molecular weight excluding hydrogens is 248 g/mol. The molecule has 2 fully saturated rings. The first kappa shape index (κ1) is 13.8. The number of Topliss-reactive ketones (excluding diaryl/α,β-unsaturated/α-hetero) is 1. The minimum absolute atomic E-state index is 0.134. The van der Waals surface area contributed by atoms with Crippen LogP contribution in [0.5, 0.6) is 0 Å². The molecule has 0 radical (unpaired) electrons. The van der Waals surface area contributed by atoms with Crippen LogP contribution >= 0.6 is 0 Å². The van der Waals surface area contributed by atoms with Gasteiger partial charge in [0.15, 0.2) is 0 Å². The zero-order chi connectivity index (χ0) is 14.0. The summed E-state index contributed by atoms with van der Waals surface area (Å²) in [6, 6.07) is 8.78. The molecule has 1 aromatic carbocycles. The SMILES string of the molecule is Cc1cccc(C2(C3CCC(=O)CC3)CCCCO2)c1. The second-order valence-corrected chi connectivity index (χ2v) is 6.38. The first-order valence-corrected chi connectivity index (χ1v) is 7.93. The monoisotopic (exact) mass is 272 g/mol. The van der Waals surface area contributed by atoms with Crippen LogP contribution in [0, 0.1) is 12.8 Å². The van der Waals surface area contributed by atoms with E-state index < -0.39 is 0 Å². The van der Waals surface area contributed by atoms with Crippen molar-refractivity contribution in [1.29, 1.82) is 0 Å². The third kappa shape index (κ3) is 2.54. The first-order valence-electron chi connectivity index (χ1n) is 7.93. The van der Waals surface area contributed by atoms with Crippen molar-refractivity contribution in [2.24, 2.45) is 5.92 Å². The van der Waals surface area contributed by atoms with E-state index in [1.54, 1.807) is 0 Å². The lowest BCUT2D eigenvalue weighted by Gasteiger charge is -2.45. The number of aryl methyl sites for hydroxylation is 1. The third-order valence-electron chi connectivity index (χ3n) is 5.01. The van der Waals surface area contributed by atoms with Gasteiger partial charge in [-0.1, -0.05) is 29.8 Å². The molecule has 1 saturated heterocycles. The topological polar surface area (TPSA) is 26.3 Å². The highest BCUT2D eigenvalue weighted by atomic mass is 16.5. The Morgan fingerprint density at radius 1 is 1.20 bits per heavy atom. The standard InChI is InChI=1S/C18H24O2/c1-14-5-4-6-16(13-14)18(11-2-3-12-20-18)15-7-9-17(19)10-8-15/h4-6,13,15H,2-3,7-12H2,1H3. The molecule has 2 aliphatic rings. The fraction of sp³-hybridized carbons (Fsp3) is 0.611. The minimum atomic E-state index is -0.134. The van der Waals surface area contributed by atoms with Crippen LogP contribution < -0.4 is 0 Å². The highest BCUT2D eigenvalue weighted by Crippen LogP contribution is 2.47. The van der Waals surface area contributed by atoms with E-state index in [-0.39, 0.29) is 5.60 Å². The summed E-state index contributed by atoms with van der Waals surface area (Å²) < 4.78 is 6.37. The van der Waals surface area contributed by atoms with Crippen LogP contribution in [0.4, 0.5) is 0 Å². The summed E-state index contributed by atoms with van der Waals surface area (Å²) in [6.45, 7) is 3.00. The van der Waals surface area contributed by atoms with Gasteiger partial charge in [0.1, 0.15) is 5.78 Å². The van der Waals surface area contributed by atoms with Gasteiger partial charge in [0.2, 0.25) is 0 Å². The van der Waals surface area contributed by atoms with E-state index in [9.17, 15) is 4.79 Å². The smallest absolute Gasteiger partial charge is 0.132 e. The normalized spacial score (nSPS) is 28.6. The van der Waals surface area contributed by atoms with E-state index in [0.717, 1.165) is 38.7 Å². The van der Waals surface area contributed by atoms with Crippen LogP contribution in [-0.4, -0.2) is 12.4 Å². The molecule has 1 aliphatic heterocycles. The number of hydrogen-bond acceptors (Lipinski definition) is 2. The zero-order valence-corrected chi connectivity index (χ0v) is 12.4. The molecule has 0 N–H and O–H groups in total. The van der Waals surface area contributed by atoms with E-state index in [0.29, 0.717) is 11.7 Å². The summed E-state index contributed by atoms with van der Waals surface area (Å²) in [5, 5.41) is 0. The number of ketones is 1. The highest BCUT2D eigenvalue weighted by Gasteiger charge is 2.43. The average Bonchev–Trinajstić information content (AvgIpc) is 2.49. The van der Waals surface area contributed by atoms with Gasteiger partial charge in [0.25, 0.3) is 0 Å². The number of benzene rings is 1. The Labute approximate surface area is 121 Å². The number of rotatable bonds is 2. The molecular formula is C18H24O2. The van der Waals surface area contributed by atoms with Crippen molar-refractivity contribution in [2.75, 3.05) is 6.61 Å². The minimum Gasteiger partial charge on any atom is -0.370 e. The quantitative estimate of drug-likeness (QED) is 0.808. The lowest BCUT2D eigenvalue weighted by molar-refractivity contribution is -0.140. The molecule has 0 spiro atoms. The maximum atomic E-state index is 11.5. The van der Waals surface area contributed by atoms with E-state index in [2.05, 4.69) is 31.2 Å². The molecule has 1 saturated carbocycles. The van der Waals surface area contributed by atoms with Crippen molar-refractivity contribution < 1.29 is 9.53 Å². The molecule has 3 rings (SSSR count). The van der Waals surface area contributed by atoms with Crippen LogP contribution in [0.2, 0.25) is 0 Å². The van der Waals surface area contributed by atoms with Crippen LogP contribution in [0.15, 0.2) is 24.3 Å². The molecule has 1 aromatic rings. The van der Waals surface area contributed by atoms with Crippen LogP contribution in [0.3, 0.4) is 0 Å². The molecule has 2 nitrogen and oxygen atoms in total. The largest absolute Gasteiger partial charge is 0.370 e. The van der Waals surface area contributed by atoms with Gasteiger partial charge in [-0.15, -0.1) is 0 Å². The summed E-state index contributed by atoms with van der Waals surface area (Å²) in [5.74, 6) is 0.929. The second kappa shape index (κ2) is 5.69. The van der Waals surface area contributed by atoms with Crippen molar-refractivity contribution in [3.63, 3.8) is 0 Å². The summed E-state index contributed by atoms with van der Waals surface area (Å²) in [6.07, 6.45) is 6.97. The van der Waals surface area contributed by atoms with Gasteiger partial charge in [0.05, 0.1) is 5.60 Å². The van der Waals surface area contributed by atoms with Crippen molar-refractivity contribution in [3.05, 3.63) is 35.4 Å². The van der Waals surface area contributed by atoms with E-state index >= 15 is 0 Å². The molecule has 108 valence electrons. The van der Waals surface area contributed by atoms with Crippen molar-refractivity contribution in [3.8, 4) is 0 Å². The molecule has 0 amide bonds. The van der Waals surface area contributed by atoms with Crippen LogP contribution in [0.1, 0.15) is 56.1 Å². The lowest BCUT2D eigenvalue weighted by atomic mass is 9.69. The summed E-state index contributed by atoms with van der Waals surface area (Å²) in [7, 11) is 0. The molecule has 1 unspecified atom stereocenters. The highest BCUT2D eigenvalue weighted by molar-refractivity contribution is 5.79. The van der Waals surface area contributed by atoms with Crippen molar-refractivity contribution in [2.45, 2.75) is 57.5 Å². The Morgan fingerprint density at radius 2 is 2.00 bits per heavy atom. The zero-order valence-electron chi connectivity index (χ0n) is 12.4. The van der Waals surface area contributed by atoms with Gasteiger partial charge < -0.3 is 4.74 Å². The van der Waals surface area contributed by atoms with Gasteiger partial charge in [0, 0.05) is 19.4 Å². The van der Waals surface area contributed by atoms with E-state index in [4.69, 9.17) is 4.74 Å². The molecule has 0 bridgehead atoms. The number of ether oxygens (including phenoxy) is 1. The maximum absolute atomic E-state index is 11.5. The Hall–Kier alpha value is -1.15. The van der Waals surface area contributed by atoms with Gasteiger partial charge in [-0.2, -0.15) is 0 Å². The fourth-order valence-electron chi connectivity index (χ4n) is 3.92. The molecule has 0 aromatic heterocycles. The molecule has 1 heterocycles. The average molecular weight is 272 g/mol. The third-order valence-corrected chi connectivity index (χ3v) is 5.01. The number of carbonyl (C=O) groups is 1. The Morgan fingerprint density at radius 3 is 2.65 bits per heavy atom. The van der Waals surface area contributed by atoms with E-state index in [1.165, 1.54) is 24.0 Å². The second-order valence-electron chi connectivity index (χ2n) is 6.38. The summed E-state index contributed by atoms with van der Waals surface area (Å²) in [5.41, 5.74) is 2.49. The number of hydrogen-bond donors (Lipinski definition) is 0. The maximum Gasteiger partial charge on any atom is 0.132 e. The lowest BCUT2D eigenvalue weighted by Crippen LogP contribution is -2.42. The predicted molar refractivity (Wildman–Crippen MR) is 79.6 cm³/mol. The van der Waals surface area contributed by atoms with Crippen LogP contribution in [-0.2, 0) is 15.1 Å². The van der Waals surface area contributed by atoms with Gasteiger partial charge in [-0.25, -0.2) is 0 Å². The summed E-state index contributed by atoms with van der Waals surface area (Å²) in [4.78, 5) is 11.5. The fourth-order valence-corrected chi connectivity index (χ4v) is 3.92. The van der Waals surface area contributed by atoms with Gasteiger partial charge in [-0.05, 0) is 50.5 Å². The van der Waals surface area contributed by atoms with Crippen LogP contribution in [0.25, 0.3) is 0 Å². The summed E-state index contributed by atoms with van der Waals surface area (Å²) >= 11 is 0. The molecule has 1 atom stereocenters. The van der Waals surface area contributed by atoms with E-state index in [1.807, 2.05) is 0 Å². The number of carbonyl (C=O) groups excluding carboxylic acids is 1. The van der Waals surface area contributed by atoms with Crippen molar-refractivity contribution >= 4 is 5.78 Å². The Balaban J connectivity index is 1.93. The first-order chi connectivity index (χ1) is 9.71. The van der Waals surface area contributed by atoms with Gasteiger partial charge >= 0.3 is 0 Å². The molecule has 2 heteroatoms. The molecule has 20 heavy (non-hydrogen) atoms. The Bertz CT molecular complexity index is 476.